The standard InChI is InChI=1S/C28H16BrN3O5S/c29-19-7-11-22(23(14-19)28(33)36-16-17-5-8-20(9-6-17)32(34)35)25-12-10-21(37-25)13-18(15-30)27-31-24-3-1-2-4-26(24)38-27/h1-14H,16H2/b18-13-. The lowest BCUT2D eigenvalue weighted by Crippen LogP contribution is -2.07. The van der Waals surface area contributed by atoms with E-state index in [0.717, 1.165) is 10.2 Å². The molecule has 0 radical (unpaired) electrons. The summed E-state index contributed by atoms with van der Waals surface area (Å²) in [5, 5.41) is 21.2. The largest absolute Gasteiger partial charge is 0.457 e. The van der Waals surface area contributed by atoms with Gasteiger partial charge in [0.25, 0.3) is 5.69 Å². The van der Waals surface area contributed by atoms with Gasteiger partial charge in [0.2, 0.25) is 0 Å². The molecule has 0 spiro atoms. The normalized spacial score (nSPS) is 11.3. The highest BCUT2D eigenvalue weighted by molar-refractivity contribution is 9.10. The summed E-state index contributed by atoms with van der Waals surface area (Å²) in [5.74, 6) is 0.275. The fourth-order valence-corrected chi connectivity index (χ4v) is 4.98. The highest BCUT2D eigenvalue weighted by atomic mass is 79.9. The number of non-ortho nitro benzene ring substituents is 1. The molecule has 0 saturated carbocycles. The van der Waals surface area contributed by atoms with E-state index in [1.807, 2.05) is 24.3 Å². The minimum absolute atomic E-state index is 0.0419. The number of ether oxygens (including phenoxy) is 1. The van der Waals surface area contributed by atoms with Gasteiger partial charge in [-0.3, -0.25) is 10.1 Å². The van der Waals surface area contributed by atoms with Gasteiger partial charge >= 0.3 is 5.97 Å². The molecule has 0 fully saturated rings. The van der Waals surface area contributed by atoms with Crippen molar-refractivity contribution in [1.82, 2.24) is 4.98 Å². The third-order valence-corrected chi connectivity index (χ3v) is 7.11. The number of benzene rings is 3. The van der Waals surface area contributed by atoms with Gasteiger partial charge in [-0.2, -0.15) is 5.26 Å². The quantitative estimate of drug-likeness (QED) is 0.0832. The molecular formula is C28H16BrN3O5S. The molecule has 10 heteroatoms. The second-order valence-corrected chi connectivity index (χ2v) is 9.99. The summed E-state index contributed by atoms with van der Waals surface area (Å²) in [6.45, 7) is -0.0530. The van der Waals surface area contributed by atoms with Gasteiger partial charge in [-0.05, 0) is 60.2 Å². The van der Waals surface area contributed by atoms with Crippen LogP contribution in [0, 0.1) is 21.4 Å². The number of hydrogen-bond acceptors (Lipinski definition) is 8. The number of carbonyl (C=O) groups excluding carboxylic acids is 1. The predicted octanol–water partition coefficient (Wildman–Crippen LogP) is 7.65. The summed E-state index contributed by atoms with van der Waals surface area (Å²) < 4.78 is 13.1. The number of hydrogen-bond donors (Lipinski definition) is 0. The van der Waals surface area contributed by atoms with Gasteiger partial charge in [-0.15, -0.1) is 11.3 Å². The van der Waals surface area contributed by atoms with Crippen LogP contribution in [0.4, 0.5) is 5.69 Å². The number of thiazole rings is 1. The number of nitrogens with zero attached hydrogens (tertiary/aromatic N) is 3. The summed E-state index contributed by atoms with van der Waals surface area (Å²) in [5.41, 5.74) is 2.55. The predicted molar refractivity (Wildman–Crippen MR) is 147 cm³/mol. The molecular weight excluding hydrogens is 570 g/mol. The Hall–Kier alpha value is -4.59. The van der Waals surface area contributed by atoms with Crippen LogP contribution >= 0.6 is 27.3 Å². The Morgan fingerprint density at radius 2 is 1.92 bits per heavy atom. The van der Waals surface area contributed by atoms with Gasteiger partial charge in [0, 0.05) is 28.2 Å². The molecule has 0 aliphatic carbocycles. The maximum atomic E-state index is 13.0. The summed E-state index contributed by atoms with van der Waals surface area (Å²) in [6, 6.07) is 24.2. The zero-order chi connectivity index (χ0) is 26.6. The van der Waals surface area contributed by atoms with Crippen molar-refractivity contribution in [3.05, 3.63) is 115 Å². The maximum absolute atomic E-state index is 13.0. The number of aromatic nitrogens is 1. The van der Waals surface area contributed by atoms with Crippen LogP contribution in [0.1, 0.15) is 26.7 Å². The molecule has 5 rings (SSSR count). The van der Waals surface area contributed by atoms with Crippen molar-refractivity contribution in [3.8, 4) is 17.4 Å². The van der Waals surface area contributed by atoms with Gasteiger partial charge in [-0.1, -0.05) is 28.1 Å². The third-order valence-electron chi connectivity index (χ3n) is 5.54. The lowest BCUT2D eigenvalue weighted by atomic mass is 10.1. The number of rotatable bonds is 7. The van der Waals surface area contributed by atoms with Gasteiger partial charge in [0.05, 0.1) is 26.3 Å². The first-order valence-electron chi connectivity index (χ1n) is 11.2. The Labute approximate surface area is 228 Å². The van der Waals surface area contributed by atoms with E-state index in [9.17, 15) is 20.2 Å². The van der Waals surface area contributed by atoms with Gasteiger partial charge in [-0.25, -0.2) is 9.78 Å². The minimum atomic E-state index is -0.583. The van der Waals surface area contributed by atoms with Crippen molar-refractivity contribution in [1.29, 1.82) is 5.26 Å². The number of halogens is 1. The number of fused-ring (bicyclic) bond motifs is 1. The summed E-state index contributed by atoms with van der Waals surface area (Å²) in [7, 11) is 0. The number of para-hydroxylation sites is 1. The number of nitriles is 1. The summed E-state index contributed by atoms with van der Waals surface area (Å²) >= 11 is 4.81. The Kier molecular flexibility index (Phi) is 7.13. The molecule has 0 unspecified atom stereocenters. The number of nitro benzene ring substituents is 1. The fourth-order valence-electron chi connectivity index (χ4n) is 3.69. The van der Waals surface area contributed by atoms with Crippen LogP contribution in [-0.2, 0) is 11.3 Å². The van der Waals surface area contributed by atoms with E-state index in [2.05, 4.69) is 27.0 Å². The molecule has 2 aromatic heterocycles. The number of carbonyl (C=O) groups is 1. The Morgan fingerprint density at radius 1 is 1.13 bits per heavy atom. The average molecular weight is 586 g/mol. The molecule has 3 aromatic carbocycles. The van der Waals surface area contributed by atoms with Crippen LogP contribution < -0.4 is 0 Å². The topological polar surface area (TPSA) is 119 Å². The van der Waals surface area contributed by atoms with E-state index in [-0.39, 0.29) is 17.9 Å². The highest BCUT2D eigenvalue weighted by Crippen LogP contribution is 2.32. The van der Waals surface area contributed by atoms with Crippen molar-refractivity contribution in [2.75, 3.05) is 0 Å². The molecule has 0 bridgehead atoms. The van der Waals surface area contributed by atoms with Crippen LogP contribution in [0.15, 0.2) is 87.8 Å². The Morgan fingerprint density at radius 3 is 2.66 bits per heavy atom. The van der Waals surface area contributed by atoms with Crippen LogP contribution in [-0.4, -0.2) is 15.9 Å². The monoisotopic (exact) mass is 585 g/mol. The van der Waals surface area contributed by atoms with Crippen LogP contribution in [0.3, 0.4) is 0 Å². The third kappa shape index (κ3) is 5.39. The van der Waals surface area contributed by atoms with Gasteiger partial charge < -0.3 is 9.15 Å². The van der Waals surface area contributed by atoms with E-state index in [4.69, 9.17) is 9.15 Å². The van der Waals surface area contributed by atoms with Gasteiger partial charge in [0.15, 0.2) is 0 Å². The number of nitro groups is 1. The zero-order valence-electron chi connectivity index (χ0n) is 19.5. The average Bonchev–Trinajstić information content (AvgIpc) is 3.57. The maximum Gasteiger partial charge on any atom is 0.339 e. The van der Waals surface area contributed by atoms with E-state index in [0.29, 0.717) is 37.7 Å². The molecule has 8 nitrogen and oxygen atoms in total. The molecule has 2 heterocycles. The van der Waals surface area contributed by atoms with E-state index in [1.54, 1.807) is 36.4 Å². The molecule has 186 valence electrons. The highest BCUT2D eigenvalue weighted by Gasteiger charge is 2.18. The van der Waals surface area contributed by atoms with E-state index >= 15 is 0 Å². The fraction of sp³-hybridized carbons (Fsp3) is 0.0357. The molecule has 0 aliphatic rings. The lowest BCUT2D eigenvalue weighted by Gasteiger charge is -2.09. The van der Waals surface area contributed by atoms with Crippen molar-refractivity contribution in [2.24, 2.45) is 0 Å². The molecule has 0 saturated heterocycles. The van der Waals surface area contributed by atoms with E-state index in [1.165, 1.54) is 35.6 Å². The van der Waals surface area contributed by atoms with Gasteiger partial charge in [0.1, 0.15) is 29.2 Å². The molecule has 0 aliphatic heterocycles. The van der Waals surface area contributed by atoms with Crippen LogP contribution in [0.2, 0.25) is 0 Å². The Balaban J connectivity index is 1.38. The number of furan rings is 1. The van der Waals surface area contributed by atoms with Crippen LogP contribution in [0.5, 0.6) is 0 Å². The minimum Gasteiger partial charge on any atom is -0.457 e. The van der Waals surface area contributed by atoms with Crippen molar-refractivity contribution in [3.63, 3.8) is 0 Å². The summed E-state index contributed by atoms with van der Waals surface area (Å²) in [6.07, 6.45) is 1.62. The Bertz CT molecular complexity index is 1720. The first-order valence-corrected chi connectivity index (χ1v) is 12.8. The SMILES string of the molecule is N#C/C(=C/c1ccc(-c2ccc(Br)cc2C(=O)OCc2ccc([N+](=O)[O-])cc2)o1)c1nc2ccccc2s1. The second kappa shape index (κ2) is 10.8. The van der Waals surface area contributed by atoms with Crippen molar-refractivity contribution < 1.29 is 18.9 Å². The molecule has 0 atom stereocenters. The van der Waals surface area contributed by atoms with Crippen molar-refractivity contribution in [2.45, 2.75) is 6.61 Å². The smallest absolute Gasteiger partial charge is 0.339 e. The molecule has 0 N–H and O–H groups in total. The van der Waals surface area contributed by atoms with E-state index < -0.39 is 10.9 Å². The van der Waals surface area contributed by atoms with Crippen LogP contribution in [0.25, 0.3) is 33.2 Å². The molecule has 38 heavy (non-hydrogen) atoms. The number of esters is 1. The number of allylic oxidation sites excluding steroid dienone is 1. The first kappa shape index (κ1) is 25.1. The second-order valence-electron chi connectivity index (χ2n) is 8.05. The molecule has 5 aromatic rings. The van der Waals surface area contributed by atoms with Crippen molar-refractivity contribution >= 4 is 60.8 Å². The summed E-state index contributed by atoms with van der Waals surface area (Å²) in [4.78, 5) is 27.9. The first-order chi connectivity index (χ1) is 18.4. The zero-order valence-corrected chi connectivity index (χ0v) is 21.9. The molecule has 0 amide bonds. The lowest BCUT2D eigenvalue weighted by molar-refractivity contribution is -0.384.